The molecule has 1 heterocycles. The van der Waals surface area contributed by atoms with Crippen molar-refractivity contribution in [3.63, 3.8) is 0 Å². The monoisotopic (exact) mass is 269 g/mol. The van der Waals surface area contributed by atoms with Crippen LogP contribution >= 0.6 is 11.8 Å². The fraction of sp³-hybridized carbons (Fsp3) is 0.400. The van der Waals surface area contributed by atoms with Crippen molar-refractivity contribution >= 4 is 17.7 Å². The molecular formula is C10H11N3O4S. The molecule has 1 aromatic rings. The van der Waals surface area contributed by atoms with E-state index in [2.05, 4.69) is 0 Å². The molecule has 0 bridgehead atoms. The number of carbonyl (C=O) groups is 1. The summed E-state index contributed by atoms with van der Waals surface area (Å²) in [6, 6.07) is 0.522. The van der Waals surface area contributed by atoms with E-state index in [0.717, 1.165) is 10.8 Å². The number of hydrogen-bond acceptors (Lipinski definition) is 5. The van der Waals surface area contributed by atoms with Crippen molar-refractivity contribution < 1.29 is 9.90 Å². The Kier molecular flexibility index (Phi) is 4.74. The van der Waals surface area contributed by atoms with Gasteiger partial charge in [0.05, 0.1) is 0 Å². The number of rotatable bonds is 5. The summed E-state index contributed by atoms with van der Waals surface area (Å²) in [5, 5.41) is 17.8. The number of hydrogen-bond donors (Lipinski definition) is 2. The van der Waals surface area contributed by atoms with Crippen LogP contribution in [0.25, 0.3) is 0 Å². The molecule has 8 heteroatoms. The Morgan fingerprint density at radius 2 is 2.33 bits per heavy atom. The van der Waals surface area contributed by atoms with Crippen LogP contribution in [0.5, 0.6) is 0 Å². The first kappa shape index (κ1) is 14.1. The topological polar surface area (TPSA) is 116 Å². The fourth-order valence-corrected chi connectivity index (χ4v) is 1.87. The number of carboxylic acids is 1. The van der Waals surface area contributed by atoms with Crippen LogP contribution in [0.2, 0.25) is 0 Å². The Bertz CT molecular complexity index is 598. The van der Waals surface area contributed by atoms with E-state index in [1.165, 1.54) is 11.8 Å². The molecule has 0 saturated carbocycles. The van der Waals surface area contributed by atoms with Gasteiger partial charge in [0, 0.05) is 6.20 Å². The van der Waals surface area contributed by atoms with Crippen LogP contribution in [0.1, 0.15) is 18.0 Å². The van der Waals surface area contributed by atoms with E-state index in [0.29, 0.717) is 5.75 Å². The molecule has 1 aromatic heterocycles. The number of aromatic amines is 1. The van der Waals surface area contributed by atoms with Crippen LogP contribution in [0.3, 0.4) is 0 Å². The molecule has 1 rings (SSSR count). The molecule has 0 radical (unpaired) electrons. The number of aliphatic carboxylic acids is 1. The zero-order chi connectivity index (χ0) is 13.7. The maximum Gasteiger partial charge on any atom is 0.329 e. The predicted octanol–water partition coefficient (Wildman–Crippen LogP) is -0.213. The van der Waals surface area contributed by atoms with Gasteiger partial charge in [-0.1, -0.05) is 0 Å². The van der Waals surface area contributed by atoms with Crippen molar-refractivity contribution in [3.8, 4) is 6.07 Å². The van der Waals surface area contributed by atoms with Gasteiger partial charge in [-0.05, 0) is 18.4 Å². The van der Waals surface area contributed by atoms with Crippen LogP contribution in [0, 0.1) is 11.3 Å². The Balaban J connectivity index is 3.29. The smallest absolute Gasteiger partial charge is 0.329 e. The highest BCUT2D eigenvalue weighted by Crippen LogP contribution is 2.12. The highest BCUT2D eigenvalue weighted by atomic mass is 32.2. The number of aromatic nitrogens is 2. The standard InChI is InChI=1S/C10H11N3O4S/c1-18-3-2-7(9(15)16)13-5-6(4-11)8(14)12-10(13)17/h5,7H,2-3H2,1H3,(H,15,16)(H,12,14,17)/t7-/m1/s1. The lowest BCUT2D eigenvalue weighted by atomic mass is 10.2. The van der Waals surface area contributed by atoms with Gasteiger partial charge in [-0.2, -0.15) is 17.0 Å². The number of nitrogens with zero attached hydrogens (tertiary/aromatic N) is 2. The third-order valence-electron chi connectivity index (χ3n) is 2.30. The van der Waals surface area contributed by atoms with Crippen LogP contribution in [0.4, 0.5) is 0 Å². The molecule has 0 fully saturated rings. The minimum Gasteiger partial charge on any atom is -0.480 e. The summed E-state index contributed by atoms with van der Waals surface area (Å²) in [4.78, 5) is 35.8. The van der Waals surface area contributed by atoms with Gasteiger partial charge in [0.25, 0.3) is 5.56 Å². The molecule has 0 aromatic carbocycles. The van der Waals surface area contributed by atoms with Gasteiger partial charge < -0.3 is 5.11 Å². The first-order valence-electron chi connectivity index (χ1n) is 4.98. The molecule has 0 aliphatic heterocycles. The van der Waals surface area contributed by atoms with E-state index in [1.807, 2.05) is 11.2 Å². The van der Waals surface area contributed by atoms with E-state index in [1.54, 1.807) is 6.07 Å². The first-order valence-corrected chi connectivity index (χ1v) is 6.38. The third-order valence-corrected chi connectivity index (χ3v) is 2.95. The number of thioether (sulfide) groups is 1. The second kappa shape index (κ2) is 6.07. The van der Waals surface area contributed by atoms with Crippen LogP contribution in [-0.2, 0) is 4.79 Å². The molecule has 96 valence electrons. The number of nitriles is 1. The van der Waals surface area contributed by atoms with Gasteiger partial charge >= 0.3 is 11.7 Å². The summed E-state index contributed by atoms with van der Waals surface area (Å²) in [6.07, 6.45) is 3.03. The van der Waals surface area contributed by atoms with E-state index in [-0.39, 0.29) is 12.0 Å². The van der Waals surface area contributed by atoms with Crippen molar-refractivity contribution in [2.24, 2.45) is 0 Å². The van der Waals surface area contributed by atoms with Crippen molar-refractivity contribution in [2.45, 2.75) is 12.5 Å². The Labute approximate surface area is 106 Å². The highest BCUT2D eigenvalue weighted by molar-refractivity contribution is 7.98. The van der Waals surface area contributed by atoms with Crippen LogP contribution < -0.4 is 11.2 Å². The molecule has 18 heavy (non-hydrogen) atoms. The molecule has 2 N–H and O–H groups in total. The van der Waals surface area contributed by atoms with E-state index in [9.17, 15) is 14.4 Å². The Morgan fingerprint density at radius 1 is 1.67 bits per heavy atom. The highest BCUT2D eigenvalue weighted by Gasteiger charge is 2.21. The molecular weight excluding hydrogens is 258 g/mol. The summed E-state index contributed by atoms with van der Waals surface area (Å²) >= 11 is 1.45. The van der Waals surface area contributed by atoms with Crippen molar-refractivity contribution in [1.29, 1.82) is 5.26 Å². The molecule has 0 aliphatic rings. The second-order valence-corrected chi connectivity index (χ2v) is 4.44. The quantitative estimate of drug-likeness (QED) is 0.763. The van der Waals surface area contributed by atoms with Gasteiger partial charge in [-0.3, -0.25) is 14.3 Å². The fourth-order valence-electron chi connectivity index (χ4n) is 1.41. The zero-order valence-electron chi connectivity index (χ0n) is 9.54. The van der Waals surface area contributed by atoms with Gasteiger partial charge in [-0.25, -0.2) is 9.59 Å². The van der Waals surface area contributed by atoms with Crippen LogP contribution in [0.15, 0.2) is 15.8 Å². The second-order valence-electron chi connectivity index (χ2n) is 3.46. The zero-order valence-corrected chi connectivity index (χ0v) is 10.4. The number of H-pyrrole nitrogens is 1. The third kappa shape index (κ3) is 3.01. The largest absolute Gasteiger partial charge is 0.480 e. The SMILES string of the molecule is CSCC[C@H](C(=O)O)n1cc(C#N)c(=O)[nH]c1=O. The molecule has 0 aliphatic carbocycles. The molecule has 1 atom stereocenters. The lowest BCUT2D eigenvalue weighted by molar-refractivity contribution is -0.141. The summed E-state index contributed by atoms with van der Waals surface area (Å²) in [5.41, 5.74) is -1.93. The van der Waals surface area contributed by atoms with E-state index in [4.69, 9.17) is 10.4 Å². The normalized spacial score (nSPS) is 11.8. The molecule has 0 spiro atoms. The van der Waals surface area contributed by atoms with Crippen molar-refractivity contribution in [1.82, 2.24) is 9.55 Å². The van der Waals surface area contributed by atoms with Gasteiger partial charge in [0.15, 0.2) is 0 Å². The lowest BCUT2D eigenvalue weighted by Crippen LogP contribution is -2.36. The first-order chi connectivity index (χ1) is 8.51. The summed E-state index contributed by atoms with van der Waals surface area (Å²) in [7, 11) is 0. The Hall–Kier alpha value is -2.01. The maximum absolute atomic E-state index is 11.5. The molecule has 0 amide bonds. The summed E-state index contributed by atoms with van der Waals surface area (Å²) < 4.78 is 0.874. The van der Waals surface area contributed by atoms with Crippen LogP contribution in [-0.4, -0.2) is 32.6 Å². The van der Waals surface area contributed by atoms with E-state index >= 15 is 0 Å². The minimum absolute atomic E-state index is 0.229. The predicted molar refractivity (Wildman–Crippen MR) is 65.7 cm³/mol. The molecule has 7 nitrogen and oxygen atoms in total. The van der Waals surface area contributed by atoms with Crippen molar-refractivity contribution in [2.75, 3.05) is 12.0 Å². The average Bonchev–Trinajstić information content (AvgIpc) is 2.31. The molecule has 0 unspecified atom stereocenters. The van der Waals surface area contributed by atoms with Crippen molar-refractivity contribution in [3.05, 3.63) is 32.6 Å². The lowest BCUT2D eigenvalue weighted by Gasteiger charge is -2.14. The van der Waals surface area contributed by atoms with Gasteiger partial charge in [-0.15, -0.1) is 0 Å². The minimum atomic E-state index is -1.18. The van der Waals surface area contributed by atoms with Gasteiger partial charge in [0.2, 0.25) is 0 Å². The Morgan fingerprint density at radius 3 is 2.83 bits per heavy atom. The number of nitrogens with one attached hydrogen (secondary N) is 1. The average molecular weight is 269 g/mol. The van der Waals surface area contributed by atoms with E-state index < -0.39 is 23.3 Å². The number of carboxylic acid groups (broad SMARTS) is 1. The summed E-state index contributed by atoms with van der Waals surface area (Å²) in [6.45, 7) is 0. The summed E-state index contributed by atoms with van der Waals surface area (Å²) in [5.74, 6) is -0.633. The van der Waals surface area contributed by atoms with Gasteiger partial charge in [0.1, 0.15) is 17.7 Å². The maximum atomic E-state index is 11.5. The molecule has 0 saturated heterocycles.